The van der Waals surface area contributed by atoms with Crippen LogP contribution in [0.15, 0.2) is 0 Å². The van der Waals surface area contributed by atoms with E-state index in [2.05, 4.69) is 5.32 Å². The van der Waals surface area contributed by atoms with E-state index in [9.17, 15) is 19.5 Å². The van der Waals surface area contributed by atoms with Crippen molar-refractivity contribution >= 4 is 29.5 Å². The monoisotopic (exact) mass is 312 g/mol. The Bertz CT molecular complexity index is 503. The third-order valence-corrected chi connectivity index (χ3v) is 6.48. The van der Waals surface area contributed by atoms with E-state index in [4.69, 9.17) is 0 Å². The molecule has 2 atom stereocenters. The molecule has 6 nitrogen and oxygen atoms in total. The molecule has 2 heterocycles. The summed E-state index contributed by atoms with van der Waals surface area (Å²) in [5, 5.41) is 12.2. The summed E-state index contributed by atoms with van der Waals surface area (Å²) in [7, 11) is 0. The van der Waals surface area contributed by atoms with E-state index >= 15 is 0 Å². The molecular formula is C14H20N2O4S. The van der Waals surface area contributed by atoms with Crippen LogP contribution in [-0.2, 0) is 14.4 Å². The van der Waals surface area contributed by atoms with E-state index in [1.165, 1.54) is 0 Å². The third kappa shape index (κ3) is 2.22. The van der Waals surface area contributed by atoms with Crippen LogP contribution in [0.4, 0.5) is 0 Å². The number of carbonyl (C=O) groups excluding carboxylic acids is 2. The van der Waals surface area contributed by atoms with Crippen LogP contribution in [0, 0.1) is 0 Å². The molecule has 1 aliphatic carbocycles. The molecule has 2 saturated heterocycles. The zero-order valence-electron chi connectivity index (χ0n) is 12.1. The Morgan fingerprint density at radius 3 is 2.62 bits per heavy atom. The van der Waals surface area contributed by atoms with Crippen molar-refractivity contribution < 1.29 is 19.5 Å². The van der Waals surface area contributed by atoms with Gasteiger partial charge in [-0.1, -0.05) is 12.8 Å². The summed E-state index contributed by atoms with van der Waals surface area (Å²) in [6.45, 7) is 1.98. The summed E-state index contributed by atoms with van der Waals surface area (Å²) >= 11 is 1.62. The largest absolute Gasteiger partial charge is 0.480 e. The van der Waals surface area contributed by atoms with E-state index in [1.54, 1.807) is 16.7 Å². The fourth-order valence-electron chi connectivity index (χ4n) is 3.70. The maximum atomic E-state index is 12.6. The molecule has 0 radical (unpaired) electrons. The van der Waals surface area contributed by atoms with Crippen LogP contribution in [0.3, 0.4) is 0 Å². The highest BCUT2D eigenvalue weighted by Gasteiger charge is 2.54. The molecule has 2 amide bonds. The van der Waals surface area contributed by atoms with Gasteiger partial charge in [-0.3, -0.25) is 9.59 Å². The lowest BCUT2D eigenvalue weighted by atomic mass is 9.97. The molecule has 0 aromatic rings. The van der Waals surface area contributed by atoms with Gasteiger partial charge in [0.25, 0.3) is 0 Å². The Morgan fingerprint density at radius 2 is 2.00 bits per heavy atom. The molecule has 0 aromatic heterocycles. The van der Waals surface area contributed by atoms with Gasteiger partial charge < -0.3 is 15.3 Å². The first-order valence-electron chi connectivity index (χ1n) is 7.40. The van der Waals surface area contributed by atoms with E-state index in [-0.39, 0.29) is 16.7 Å². The number of aliphatic carboxylic acids is 1. The van der Waals surface area contributed by atoms with Gasteiger partial charge in [-0.2, -0.15) is 0 Å². The van der Waals surface area contributed by atoms with E-state index in [1.807, 2.05) is 6.92 Å². The van der Waals surface area contributed by atoms with Crippen LogP contribution in [0.25, 0.3) is 0 Å². The number of thioether (sulfide) groups is 1. The zero-order chi connectivity index (χ0) is 15.3. The average Bonchev–Trinajstić information content (AvgIpc) is 3.07. The summed E-state index contributed by atoms with van der Waals surface area (Å²) in [4.78, 5) is 37.5. The Labute approximate surface area is 127 Å². The van der Waals surface area contributed by atoms with Crippen molar-refractivity contribution in [2.45, 2.75) is 61.9 Å². The van der Waals surface area contributed by atoms with Crippen molar-refractivity contribution in [3.8, 4) is 0 Å². The van der Waals surface area contributed by atoms with Gasteiger partial charge in [-0.15, -0.1) is 11.8 Å². The quantitative estimate of drug-likeness (QED) is 0.810. The highest BCUT2D eigenvalue weighted by Crippen LogP contribution is 2.47. The lowest BCUT2D eigenvalue weighted by molar-refractivity contribution is -0.149. The van der Waals surface area contributed by atoms with Crippen molar-refractivity contribution in [2.24, 2.45) is 0 Å². The molecule has 2 N–H and O–H groups in total. The molecule has 21 heavy (non-hydrogen) atoms. The number of rotatable bonds is 3. The summed E-state index contributed by atoms with van der Waals surface area (Å²) in [5.41, 5.74) is -1.14. The highest BCUT2D eigenvalue weighted by molar-refractivity contribution is 8.01. The van der Waals surface area contributed by atoms with Crippen molar-refractivity contribution in [3.05, 3.63) is 0 Å². The molecule has 0 aromatic carbocycles. The van der Waals surface area contributed by atoms with Crippen LogP contribution in [0.5, 0.6) is 0 Å². The number of hydrogen-bond acceptors (Lipinski definition) is 4. The Morgan fingerprint density at radius 1 is 1.33 bits per heavy atom. The fraction of sp³-hybridized carbons (Fsp3) is 0.786. The van der Waals surface area contributed by atoms with Gasteiger partial charge in [0.05, 0.1) is 4.87 Å². The zero-order valence-corrected chi connectivity index (χ0v) is 12.9. The van der Waals surface area contributed by atoms with Crippen molar-refractivity contribution in [2.75, 3.05) is 5.75 Å². The van der Waals surface area contributed by atoms with E-state index in [0.29, 0.717) is 25.0 Å². The fourth-order valence-corrected chi connectivity index (χ4v) is 5.14. The number of nitrogens with zero attached hydrogens (tertiary/aromatic N) is 1. The number of amides is 2. The van der Waals surface area contributed by atoms with Crippen molar-refractivity contribution in [1.29, 1.82) is 0 Å². The number of fused-ring (bicyclic) bond motifs is 1. The lowest BCUT2D eigenvalue weighted by Crippen LogP contribution is -2.58. The maximum absolute atomic E-state index is 12.6. The third-order valence-electron chi connectivity index (χ3n) is 4.98. The second kappa shape index (κ2) is 4.90. The molecule has 1 saturated carbocycles. The molecule has 7 heteroatoms. The first kappa shape index (κ1) is 14.7. The van der Waals surface area contributed by atoms with Crippen LogP contribution in [0.1, 0.15) is 45.4 Å². The van der Waals surface area contributed by atoms with Gasteiger partial charge in [0.1, 0.15) is 11.6 Å². The molecule has 0 spiro atoms. The molecule has 2 unspecified atom stereocenters. The van der Waals surface area contributed by atoms with Crippen molar-refractivity contribution in [1.82, 2.24) is 10.2 Å². The number of carboxylic acids is 1. The normalized spacial score (nSPS) is 34.0. The van der Waals surface area contributed by atoms with Crippen molar-refractivity contribution in [3.63, 3.8) is 0 Å². The average molecular weight is 312 g/mol. The number of hydrogen-bond donors (Lipinski definition) is 2. The van der Waals surface area contributed by atoms with Crippen LogP contribution in [-0.4, -0.2) is 50.0 Å². The molecule has 3 rings (SSSR count). The van der Waals surface area contributed by atoms with Gasteiger partial charge in [-0.05, 0) is 26.2 Å². The van der Waals surface area contributed by atoms with E-state index in [0.717, 1.165) is 19.3 Å². The minimum Gasteiger partial charge on any atom is -0.480 e. The van der Waals surface area contributed by atoms with Crippen LogP contribution in [0.2, 0.25) is 0 Å². The lowest BCUT2D eigenvalue weighted by Gasteiger charge is -2.32. The molecule has 3 aliphatic rings. The minimum absolute atomic E-state index is 0.00144. The molecular weight excluding hydrogens is 292 g/mol. The molecule has 3 fully saturated rings. The van der Waals surface area contributed by atoms with E-state index < -0.39 is 17.6 Å². The van der Waals surface area contributed by atoms with Crippen LogP contribution >= 0.6 is 11.8 Å². The highest BCUT2D eigenvalue weighted by atomic mass is 32.2. The molecule has 2 aliphatic heterocycles. The number of nitrogens with one attached hydrogen (secondary N) is 1. The summed E-state index contributed by atoms with van der Waals surface area (Å²) < 4.78 is 0. The first-order chi connectivity index (χ1) is 9.88. The minimum atomic E-state index is -1.14. The summed E-state index contributed by atoms with van der Waals surface area (Å²) in [5.74, 6) is -0.734. The first-order valence-corrected chi connectivity index (χ1v) is 8.38. The second-order valence-corrected chi connectivity index (χ2v) is 7.85. The number of carbonyl (C=O) groups is 3. The number of carboxylic acid groups (broad SMARTS) is 1. The Balaban J connectivity index is 1.77. The Kier molecular flexibility index (Phi) is 3.43. The van der Waals surface area contributed by atoms with Gasteiger partial charge in [0.15, 0.2) is 0 Å². The maximum Gasteiger partial charge on any atom is 0.329 e. The van der Waals surface area contributed by atoms with Gasteiger partial charge >= 0.3 is 5.97 Å². The standard InChI is InChI=1S/C14H20N2O4S/c1-13-7-4-10(17)16(13)9(8-21-13)11(18)15-14(12(19)20)5-2-3-6-14/h9H,2-8H2,1H3,(H,15,18)(H,19,20). The topological polar surface area (TPSA) is 86.7 Å². The van der Waals surface area contributed by atoms with Gasteiger partial charge in [-0.25, -0.2) is 4.79 Å². The van der Waals surface area contributed by atoms with Gasteiger partial charge in [0, 0.05) is 12.2 Å². The predicted octanol–water partition coefficient (Wildman–Crippen LogP) is 0.954. The van der Waals surface area contributed by atoms with Gasteiger partial charge in [0.2, 0.25) is 11.8 Å². The smallest absolute Gasteiger partial charge is 0.329 e. The molecule has 0 bridgehead atoms. The molecule has 116 valence electrons. The summed E-state index contributed by atoms with van der Waals surface area (Å²) in [6.07, 6.45) is 3.79. The van der Waals surface area contributed by atoms with Crippen LogP contribution < -0.4 is 5.32 Å². The Hall–Kier alpha value is -1.24. The SMILES string of the molecule is CC12CCC(=O)N1C(C(=O)NC1(C(=O)O)CCCC1)CS2. The predicted molar refractivity (Wildman–Crippen MR) is 77.7 cm³/mol. The summed E-state index contributed by atoms with van der Waals surface area (Å²) in [6, 6.07) is -0.535. The second-order valence-electron chi connectivity index (χ2n) is 6.35.